The molecule has 2 aliphatic carbocycles. The molecule has 0 nitrogen and oxygen atoms in total. The van der Waals surface area contributed by atoms with E-state index in [1.165, 1.54) is 44.5 Å². The van der Waals surface area contributed by atoms with Gasteiger partial charge >= 0.3 is 300 Å². The van der Waals surface area contributed by atoms with Crippen molar-refractivity contribution in [2.75, 3.05) is 0 Å². The summed E-state index contributed by atoms with van der Waals surface area (Å²) in [7, 11) is 17.5. The van der Waals surface area contributed by atoms with Gasteiger partial charge in [0.15, 0.2) is 0 Å². The summed E-state index contributed by atoms with van der Waals surface area (Å²) in [6, 6.07) is 34.7. The fourth-order valence-corrected chi connectivity index (χ4v) is 37.4. The molecule has 0 bridgehead atoms. The molecule has 4 aromatic rings. The van der Waals surface area contributed by atoms with Crippen LogP contribution in [0.1, 0.15) is 93.3 Å². The molecule has 2 atom stereocenters. The van der Waals surface area contributed by atoms with Gasteiger partial charge in [-0.15, -0.1) is 0 Å². The Balaban J connectivity index is 1.68. The molecule has 0 amide bonds. The Morgan fingerprint density at radius 2 is 0.917 bits per heavy atom. The zero-order valence-corrected chi connectivity index (χ0v) is 34.5. The standard InChI is InChI=1S/2C21H19.C2H7Si.2ClH.Zr/c2*1-21(2,3)13-12-17-10-7-11-18-14-19(15-20(17)18)16-8-5-4-6-9-16;1-3-2;;;/h2*4-11,14-15H,1-3H3;3H,1-2H3;2*1H;/q;;;;;+2/p-2. The first-order chi connectivity index (χ1) is 22.6. The van der Waals surface area contributed by atoms with Crippen LogP contribution in [0.5, 0.6) is 0 Å². The Hall–Kier alpha value is -2.84. The molecule has 0 radical (unpaired) electrons. The van der Waals surface area contributed by atoms with Crippen LogP contribution >= 0.6 is 17.0 Å². The van der Waals surface area contributed by atoms with Crippen LogP contribution in [0.3, 0.4) is 0 Å². The molecule has 0 N–H and O–H groups in total. The van der Waals surface area contributed by atoms with Crippen molar-refractivity contribution < 1.29 is 15.6 Å². The molecule has 2 aliphatic rings. The second-order valence-corrected chi connectivity index (χ2v) is 58.3. The van der Waals surface area contributed by atoms with Crippen LogP contribution in [0.2, 0.25) is 13.1 Å². The quantitative estimate of drug-likeness (QED) is 0.140. The molecule has 48 heavy (non-hydrogen) atoms. The number of hydrogen-bond donors (Lipinski definition) is 0. The number of halogens is 2. The molecule has 4 heteroatoms. The van der Waals surface area contributed by atoms with Gasteiger partial charge in [-0.2, -0.15) is 0 Å². The van der Waals surface area contributed by atoms with Gasteiger partial charge in [0.05, 0.1) is 0 Å². The maximum absolute atomic E-state index is 8.77. The summed E-state index contributed by atoms with van der Waals surface area (Å²) < 4.78 is -0.190. The normalized spacial score (nSPS) is 17.9. The molecular formula is C44H45Cl2SiZr. The first-order valence-corrected chi connectivity index (χ1v) is 33.3. The van der Waals surface area contributed by atoms with E-state index in [0.717, 1.165) is 11.1 Å². The molecule has 243 valence electrons. The first-order valence-electron chi connectivity index (χ1n) is 17.0. The van der Waals surface area contributed by atoms with Gasteiger partial charge < -0.3 is 0 Å². The zero-order chi connectivity index (χ0) is 34.5. The summed E-state index contributed by atoms with van der Waals surface area (Å²) in [5.74, 6) is 12.3. The second kappa shape index (κ2) is 12.8. The SMILES string of the molecule is C[SiH](C)[Zr]([Cl])([Cl])([CH]1C(c2ccccc2)=Cc2c(C#CC(C)(C)C)cccc21)[CH]1C(c2ccccc2)=Cc2c(C#CC(C)(C)C)cccc21. The monoisotopic (exact) mass is 761 g/mol. The van der Waals surface area contributed by atoms with E-state index >= 15 is 0 Å². The summed E-state index contributed by atoms with van der Waals surface area (Å²) >= 11 is -5.12. The van der Waals surface area contributed by atoms with Gasteiger partial charge in [0, 0.05) is 0 Å². The minimum absolute atomic E-state index is 0.0948. The van der Waals surface area contributed by atoms with Crippen LogP contribution < -0.4 is 0 Å². The van der Waals surface area contributed by atoms with Crippen molar-refractivity contribution in [3.05, 3.63) is 142 Å². The predicted molar refractivity (Wildman–Crippen MR) is 210 cm³/mol. The zero-order valence-electron chi connectivity index (χ0n) is 29.4. The molecule has 4 aromatic carbocycles. The average Bonchev–Trinajstić information content (AvgIpc) is 3.64. The van der Waals surface area contributed by atoms with Crippen LogP contribution in [-0.4, -0.2) is 5.92 Å². The van der Waals surface area contributed by atoms with E-state index in [4.69, 9.17) is 17.0 Å². The number of hydrogen-bond acceptors (Lipinski definition) is 0. The summed E-state index contributed by atoms with van der Waals surface area (Å²) in [5, 5.41) is 0. The summed E-state index contributed by atoms with van der Waals surface area (Å²) in [4.78, 5) is 0. The molecule has 0 aliphatic heterocycles. The van der Waals surface area contributed by atoms with Crippen molar-refractivity contribution in [2.45, 2.75) is 61.9 Å². The van der Waals surface area contributed by atoms with Gasteiger partial charge in [-0.25, -0.2) is 0 Å². The Bertz CT molecular complexity index is 1920. The van der Waals surface area contributed by atoms with E-state index in [0.29, 0.717) is 0 Å². The predicted octanol–water partition coefficient (Wildman–Crippen LogP) is 12.4. The molecule has 2 unspecified atom stereocenters. The van der Waals surface area contributed by atoms with Crippen LogP contribution in [0.4, 0.5) is 0 Å². The third-order valence-corrected chi connectivity index (χ3v) is 61.2. The minimum atomic E-state index is -5.12. The van der Waals surface area contributed by atoms with E-state index in [9.17, 15) is 0 Å². The maximum atomic E-state index is 8.77. The van der Waals surface area contributed by atoms with Crippen LogP contribution in [0.25, 0.3) is 23.3 Å². The number of fused-ring (bicyclic) bond motifs is 2. The van der Waals surface area contributed by atoms with Gasteiger partial charge in [0.25, 0.3) is 0 Å². The Labute approximate surface area is 297 Å². The summed E-state index contributed by atoms with van der Waals surface area (Å²) in [5.41, 5.74) is 11.5. The third kappa shape index (κ3) is 6.44. The molecule has 0 fully saturated rings. The van der Waals surface area contributed by atoms with Crippen molar-refractivity contribution in [2.24, 2.45) is 10.8 Å². The molecule has 0 heterocycles. The molecule has 0 saturated carbocycles. The number of rotatable bonds is 5. The van der Waals surface area contributed by atoms with Gasteiger partial charge in [-0.05, 0) is 0 Å². The Morgan fingerprint density at radius 3 is 1.25 bits per heavy atom. The Kier molecular flexibility index (Phi) is 9.34. The fourth-order valence-electron chi connectivity index (χ4n) is 7.32. The van der Waals surface area contributed by atoms with Crippen LogP contribution in [-0.2, 0) is 15.6 Å². The molecule has 6 rings (SSSR count). The van der Waals surface area contributed by atoms with E-state index in [1.807, 2.05) is 0 Å². The van der Waals surface area contributed by atoms with E-state index in [2.05, 4.69) is 188 Å². The Morgan fingerprint density at radius 1 is 0.542 bits per heavy atom. The number of benzene rings is 4. The van der Waals surface area contributed by atoms with Gasteiger partial charge in [0.1, 0.15) is 0 Å². The number of allylic oxidation sites excluding steroid dienone is 2. The fraction of sp³-hybridized carbons (Fsp3) is 0.273. The second-order valence-electron chi connectivity index (χ2n) is 15.8. The topological polar surface area (TPSA) is 0 Å². The molecule has 0 spiro atoms. The van der Waals surface area contributed by atoms with E-state index in [1.54, 1.807) is 0 Å². The van der Waals surface area contributed by atoms with Gasteiger partial charge in [-0.3, -0.25) is 0 Å². The van der Waals surface area contributed by atoms with Crippen molar-refractivity contribution in [3.8, 4) is 23.7 Å². The van der Waals surface area contributed by atoms with Gasteiger partial charge in [-0.1, -0.05) is 0 Å². The van der Waals surface area contributed by atoms with Crippen molar-refractivity contribution in [1.29, 1.82) is 0 Å². The van der Waals surface area contributed by atoms with Crippen LogP contribution in [0.15, 0.2) is 97.1 Å². The summed E-state index contributed by atoms with van der Waals surface area (Å²) in [6.07, 6.45) is 4.73. The summed E-state index contributed by atoms with van der Waals surface area (Å²) in [6.45, 7) is 17.7. The molecular weight excluding hydrogens is 719 g/mol. The van der Waals surface area contributed by atoms with Crippen LogP contribution in [0, 0.1) is 34.5 Å². The van der Waals surface area contributed by atoms with Gasteiger partial charge in [0.2, 0.25) is 0 Å². The average molecular weight is 764 g/mol. The van der Waals surface area contributed by atoms with Crippen molar-refractivity contribution in [1.82, 2.24) is 0 Å². The van der Waals surface area contributed by atoms with Crippen molar-refractivity contribution >= 4 is 46.2 Å². The van der Waals surface area contributed by atoms with Crippen molar-refractivity contribution in [3.63, 3.8) is 0 Å². The van der Waals surface area contributed by atoms with E-state index < -0.39 is 21.5 Å². The van der Waals surface area contributed by atoms with E-state index in [-0.39, 0.29) is 18.1 Å². The first kappa shape index (κ1) is 35.0. The third-order valence-electron chi connectivity index (χ3n) is 9.69. The molecule has 0 aromatic heterocycles. The molecule has 0 saturated heterocycles.